The lowest BCUT2D eigenvalue weighted by molar-refractivity contribution is 0.0919. The van der Waals surface area contributed by atoms with E-state index < -0.39 is 5.54 Å². The normalized spacial score (nSPS) is 12.3. The van der Waals surface area contributed by atoms with E-state index >= 15 is 0 Å². The fourth-order valence-electron chi connectivity index (χ4n) is 1.78. The van der Waals surface area contributed by atoms with E-state index in [4.69, 9.17) is 23.2 Å². The van der Waals surface area contributed by atoms with Crippen LogP contribution < -0.4 is 5.32 Å². The maximum atomic E-state index is 12.4. The Kier molecular flexibility index (Phi) is 5.28. The van der Waals surface area contributed by atoms with Crippen molar-refractivity contribution in [2.24, 2.45) is 0 Å². The smallest absolute Gasteiger partial charge is 0.252 e. The largest absolute Gasteiger partial charge is 0.344 e. The molecule has 0 atom stereocenters. The second-order valence-electron chi connectivity index (χ2n) is 6.08. The van der Waals surface area contributed by atoms with Gasteiger partial charge in [0.1, 0.15) is 0 Å². The highest BCUT2D eigenvalue weighted by Gasteiger charge is 2.27. The summed E-state index contributed by atoms with van der Waals surface area (Å²) in [7, 11) is 0. The number of carbonyl (C=O) groups excluding carboxylic acids is 1. The van der Waals surface area contributed by atoms with E-state index in [0.29, 0.717) is 5.56 Å². The summed E-state index contributed by atoms with van der Waals surface area (Å²) in [6, 6.07) is 7.62. The first-order chi connectivity index (χ1) is 8.73. The molecule has 0 fully saturated rings. The van der Waals surface area contributed by atoms with Crippen LogP contribution in [-0.2, 0) is 5.41 Å². The lowest BCUT2D eigenvalue weighted by atomic mass is 9.83. The quantitative estimate of drug-likeness (QED) is 0.838. The van der Waals surface area contributed by atoms with Gasteiger partial charge in [0.2, 0.25) is 0 Å². The number of hydrogen-bond donors (Lipinski definition) is 1. The van der Waals surface area contributed by atoms with Gasteiger partial charge in [0.15, 0.2) is 0 Å². The van der Waals surface area contributed by atoms with E-state index in [1.54, 1.807) is 0 Å². The van der Waals surface area contributed by atoms with Crippen molar-refractivity contribution in [3.8, 4) is 0 Å². The highest BCUT2D eigenvalue weighted by Crippen LogP contribution is 2.26. The second-order valence-corrected chi connectivity index (χ2v) is 6.61. The lowest BCUT2D eigenvalue weighted by Crippen LogP contribution is -2.49. The zero-order valence-electron chi connectivity index (χ0n) is 11.9. The van der Waals surface area contributed by atoms with Crippen molar-refractivity contribution < 1.29 is 4.79 Å². The van der Waals surface area contributed by atoms with E-state index in [-0.39, 0.29) is 23.1 Å². The van der Waals surface area contributed by atoms with Gasteiger partial charge in [0, 0.05) is 17.3 Å². The summed E-state index contributed by atoms with van der Waals surface area (Å²) in [5.41, 5.74) is 1.01. The summed E-state index contributed by atoms with van der Waals surface area (Å²) in [5, 5.41) is 2.92. The van der Waals surface area contributed by atoms with E-state index in [1.165, 1.54) is 0 Å². The third-order valence-electron chi connectivity index (χ3n) is 2.98. The van der Waals surface area contributed by atoms with E-state index in [0.717, 1.165) is 5.56 Å². The minimum atomic E-state index is -0.592. The van der Waals surface area contributed by atoms with Crippen LogP contribution in [0.2, 0.25) is 0 Å². The van der Waals surface area contributed by atoms with E-state index in [2.05, 4.69) is 26.1 Å². The zero-order valence-corrected chi connectivity index (χ0v) is 13.4. The molecule has 19 heavy (non-hydrogen) atoms. The molecule has 0 saturated carbocycles. The van der Waals surface area contributed by atoms with Gasteiger partial charge in [-0.3, -0.25) is 4.79 Å². The van der Waals surface area contributed by atoms with Crippen LogP contribution in [0.15, 0.2) is 24.3 Å². The Labute approximate surface area is 125 Å². The number of nitrogens with one attached hydrogen (secondary N) is 1. The molecule has 0 aliphatic rings. The molecular formula is C15H21Cl2NO. The Morgan fingerprint density at radius 3 is 2.11 bits per heavy atom. The van der Waals surface area contributed by atoms with Crippen molar-refractivity contribution in [3.05, 3.63) is 35.4 Å². The zero-order chi connectivity index (χ0) is 14.7. The third-order valence-corrected chi connectivity index (χ3v) is 4.16. The van der Waals surface area contributed by atoms with Crippen LogP contribution in [0, 0.1) is 0 Å². The fourth-order valence-corrected chi connectivity index (χ4v) is 2.20. The second kappa shape index (κ2) is 6.15. The third kappa shape index (κ3) is 4.12. The van der Waals surface area contributed by atoms with Crippen molar-refractivity contribution >= 4 is 29.1 Å². The first-order valence-electron chi connectivity index (χ1n) is 6.27. The SMILES string of the molecule is CC(CCl)(CCl)NC(=O)c1ccccc1C(C)(C)C. The van der Waals surface area contributed by atoms with Crippen molar-refractivity contribution in [2.45, 2.75) is 38.6 Å². The van der Waals surface area contributed by atoms with Crippen LogP contribution in [0.3, 0.4) is 0 Å². The Hall–Kier alpha value is -0.730. The topological polar surface area (TPSA) is 29.1 Å². The van der Waals surface area contributed by atoms with Crippen molar-refractivity contribution in [1.29, 1.82) is 0 Å². The molecule has 0 radical (unpaired) electrons. The number of alkyl halides is 2. The number of rotatable bonds is 4. The molecule has 0 aliphatic heterocycles. The van der Waals surface area contributed by atoms with Gasteiger partial charge < -0.3 is 5.32 Å². The van der Waals surface area contributed by atoms with Crippen molar-refractivity contribution in [2.75, 3.05) is 11.8 Å². The molecule has 1 rings (SSSR count). The maximum absolute atomic E-state index is 12.4. The minimum absolute atomic E-state index is 0.0910. The molecule has 0 heterocycles. The van der Waals surface area contributed by atoms with Gasteiger partial charge in [-0.1, -0.05) is 39.0 Å². The van der Waals surface area contributed by atoms with Crippen molar-refractivity contribution in [3.63, 3.8) is 0 Å². The van der Waals surface area contributed by atoms with Gasteiger partial charge in [-0.25, -0.2) is 0 Å². The van der Waals surface area contributed by atoms with Gasteiger partial charge in [-0.05, 0) is 24.0 Å². The molecule has 2 nitrogen and oxygen atoms in total. The number of hydrogen-bond acceptors (Lipinski definition) is 1. The predicted octanol–water partition coefficient (Wildman–Crippen LogP) is 3.95. The molecule has 4 heteroatoms. The standard InChI is InChI=1S/C15H21Cl2NO/c1-14(2,3)12-8-6-5-7-11(12)13(19)18-15(4,9-16)10-17/h5-8H,9-10H2,1-4H3,(H,18,19). The average molecular weight is 302 g/mol. The summed E-state index contributed by atoms with van der Waals surface area (Å²) < 4.78 is 0. The molecule has 1 aromatic carbocycles. The number of amides is 1. The average Bonchev–Trinajstić information content (AvgIpc) is 2.37. The Bertz CT molecular complexity index is 448. The summed E-state index contributed by atoms with van der Waals surface area (Å²) in [6.07, 6.45) is 0. The van der Waals surface area contributed by atoms with Gasteiger partial charge in [0.05, 0.1) is 5.54 Å². The Balaban J connectivity index is 3.08. The first kappa shape index (κ1) is 16.3. The predicted molar refractivity (Wildman–Crippen MR) is 82.5 cm³/mol. The van der Waals surface area contributed by atoms with Gasteiger partial charge in [-0.15, -0.1) is 23.2 Å². The molecular weight excluding hydrogens is 281 g/mol. The molecule has 1 aromatic rings. The van der Waals surface area contributed by atoms with Crippen molar-refractivity contribution in [1.82, 2.24) is 5.32 Å². The maximum Gasteiger partial charge on any atom is 0.252 e. The fraction of sp³-hybridized carbons (Fsp3) is 0.533. The Morgan fingerprint density at radius 2 is 1.63 bits per heavy atom. The lowest BCUT2D eigenvalue weighted by Gasteiger charge is -2.28. The van der Waals surface area contributed by atoms with E-state index in [1.807, 2.05) is 31.2 Å². The molecule has 106 valence electrons. The first-order valence-corrected chi connectivity index (χ1v) is 7.34. The van der Waals surface area contributed by atoms with Crippen LogP contribution in [-0.4, -0.2) is 23.2 Å². The van der Waals surface area contributed by atoms with Crippen LogP contribution in [0.25, 0.3) is 0 Å². The molecule has 0 bridgehead atoms. The summed E-state index contributed by atoms with van der Waals surface area (Å²) in [4.78, 5) is 12.4. The monoisotopic (exact) mass is 301 g/mol. The van der Waals surface area contributed by atoms with Crippen LogP contribution in [0.4, 0.5) is 0 Å². The highest BCUT2D eigenvalue weighted by molar-refractivity contribution is 6.22. The highest BCUT2D eigenvalue weighted by atomic mass is 35.5. The Morgan fingerprint density at radius 1 is 1.11 bits per heavy atom. The number of benzene rings is 1. The molecule has 0 saturated heterocycles. The van der Waals surface area contributed by atoms with Crippen LogP contribution in [0.5, 0.6) is 0 Å². The summed E-state index contributed by atoms with van der Waals surface area (Å²) >= 11 is 11.7. The van der Waals surface area contributed by atoms with Gasteiger partial charge >= 0.3 is 0 Å². The molecule has 0 unspecified atom stereocenters. The molecule has 0 aliphatic carbocycles. The van der Waals surface area contributed by atoms with Crippen LogP contribution in [0.1, 0.15) is 43.6 Å². The summed E-state index contributed by atoms with van der Waals surface area (Å²) in [5.74, 6) is 0.425. The summed E-state index contributed by atoms with van der Waals surface area (Å²) in [6.45, 7) is 8.09. The molecule has 0 aromatic heterocycles. The number of halogens is 2. The minimum Gasteiger partial charge on any atom is -0.344 e. The molecule has 0 spiro atoms. The molecule has 1 amide bonds. The van der Waals surface area contributed by atoms with Gasteiger partial charge in [0.25, 0.3) is 5.91 Å². The van der Waals surface area contributed by atoms with E-state index in [9.17, 15) is 4.79 Å². The number of carbonyl (C=O) groups is 1. The van der Waals surface area contributed by atoms with Crippen LogP contribution >= 0.6 is 23.2 Å². The molecule has 1 N–H and O–H groups in total. The van der Waals surface area contributed by atoms with Gasteiger partial charge in [-0.2, -0.15) is 0 Å².